The summed E-state index contributed by atoms with van der Waals surface area (Å²) in [6.45, 7) is 1.44. The maximum absolute atomic E-state index is 11.2. The lowest BCUT2D eigenvalue weighted by atomic mass is 10.1. The number of carbonyl (C=O) groups excluding carboxylic acids is 1. The summed E-state index contributed by atoms with van der Waals surface area (Å²) in [5.41, 5.74) is 3.19. The molecule has 130 valence electrons. The zero-order valence-electron chi connectivity index (χ0n) is 13.9. The van der Waals surface area contributed by atoms with Gasteiger partial charge in [-0.25, -0.2) is 4.63 Å². The Morgan fingerprint density at radius 1 is 1.08 bits per heavy atom. The monoisotopic (exact) mass is 351 g/mol. The molecular weight excluding hydrogens is 338 g/mol. The fourth-order valence-corrected chi connectivity index (χ4v) is 2.52. The van der Waals surface area contributed by atoms with E-state index in [9.17, 15) is 4.79 Å². The van der Waals surface area contributed by atoms with Gasteiger partial charge in [-0.05, 0) is 40.6 Å². The highest BCUT2D eigenvalue weighted by atomic mass is 16.6. The fourth-order valence-electron chi connectivity index (χ4n) is 2.52. The largest absolute Gasteiger partial charge is 0.496 e. The average molecular weight is 351 g/mol. The second-order valence-corrected chi connectivity index (χ2v) is 5.49. The molecule has 26 heavy (non-hydrogen) atoms. The van der Waals surface area contributed by atoms with Crippen molar-refractivity contribution >= 4 is 22.6 Å². The highest BCUT2D eigenvalue weighted by Crippen LogP contribution is 2.32. The molecule has 9 heteroatoms. The number of ether oxygens (including phenoxy) is 1. The number of methoxy groups -OCH3 is 1. The van der Waals surface area contributed by atoms with Crippen LogP contribution in [-0.4, -0.2) is 33.5 Å². The third-order valence-electron chi connectivity index (χ3n) is 3.69. The van der Waals surface area contributed by atoms with E-state index in [0.29, 0.717) is 45.3 Å². The van der Waals surface area contributed by atoms with Crippen molar-refractivity contribution in [1.29, 1.82) is 0 Å². The zero-order chi connectivity index (χ0) is 18.1. The number of carbonyl (C=O) groups is 1. The molecule has 2 aromatic heterocycles. The molecule has 0 aliphatic carbocycles. The number of nitrogens with zero attached hydrogens (tertiary/aromatic N) is 4. The summed E-state index contributed by atoms with van der Waals surface area (Å²) in [6.07, 6.45) is 0. The first-order valence-corrected chi connectivity index (χ1v) is 7.66. The summed E-state index contributed by atoms with van der Waals surface area (Å²) in [6, 6.07) is 10.5. The molecule has 2 heterocycles. The molecule has 0 fully saturated rings. The van der Waals surface area contributed by atoms with Crippen molar-refractivity contribution in [3.05, 3.63) is 36.4 Å². The molecule has 9 nitrogen and oxygen atoms in total. The summed E-state index contributed by atoms with van der Waals surface area (Å²) in [7, 11) is 1.53. The van der Waals surface area contributed by atoms with Crippen LogP contribution in [0.3, 0.4) is 0 Å². The molecule has 0 aliphatic heterocycles. The van der Waals surface area contributed by atoms with Gasteiger partial charge in [0.15, 0.2) is 0 Å². The maximum atomic E-state index is 11.2. The van der Waals surface area contributed by atoms with Gasteiger partial charge < -0.3 is 14.6 Å². The van der Waals surface area contributed by atoms with Gasteiger partial charge in [0.05, 0.1) is 12.7 Å². The van der Waals surface area contributed by atoms with Crippen molar-refractivity contribution in [2.45, 2.75) is 6.92 Å². The van der Waals surface area contributed by atoms with Crippen LogP contribution in [0.25, 0.3) is 33.9 Å². The van der Waals surface area contributed by atoms with Gasteiger partial charge in [0.1, 0.15) is 16.8 Å². The Morgan fingerprint density at radius 2 is 1.92 bits per heavy atom. The Bertz CT molecular complexity index is 1100. The lowest BCUT2D eigenvalue weighted by Gasteiger charge is -2.08. The van der Waals surface area contributed by atoms with Crippen LogP contribution >= 0.6 is 0 Å². The van der Waals surface area contributed by atoms with Crippen LogP contribution in [0.5, 0.6) is 5.75 Å². The number of nitrogens with one attached hydrogen (secondary N) is 1. The first-order valence-electron chi connectivity index (χ1n) is 7.66. The van der Waals surface area contributed by atoms with E-state index in [4.69, 9.17) is 9.26 Å². The molecule has 1 amide bonds. The quantitative estimate of drug-likeness (QED) is 0.596. The Hall–Kier alpha value is -3.75. The molecule has 0 atom stereocenters. The minimum absolute atomic E-state index is 0.167. The predicted octanol–water partition coefficient (Wildman–Crippen LogP) is 2.91. The van der Waals surface area contributed by atoms with E-state index in [0.717, 1.165) is 0 Å². The summed E-state index contributed by atoms with van der Waals surface area (Å²) in [4.78, 5) is 15.6. The van der Waals surface area contributed by atoms with Crippen LogP contribution < -0.4 is 10.1 Å². The molecule has 0 saturated heterocycles. The molecule has 1 N–H and O–H groups in total. The lowest BCUT2D eigenvalue weighted by molar-refractivity contribution is -0.114. The van der Waals surface area contributed by atoms with E-state index < -0.39 is 0 Å². The molecule has 0 aliphatic rings. The van der Waals surface area contributed by atoms with Crippen molar-refractivity contribution in [2.75, 3.05) is 12.4 Å². The number of hydrogen-bond acceptors (Lipinski definition) is 8. The SMILES string of the molecule is COc1cc(NC(C)=O)ccc1-c1noc(-c2ccc3nonc3c2)n1. The van der Waals surface area contributed by atoms with Gasteiger partial charge in [0.25, 0.3) is 5.89 Å². The summed E-state index contributed by atoms with van der Waals surface area (Å²) in [5, 5.41) is 14.3. The van der Waals surface area contributed by atoms with Crippen LogP contribution in [0, 0.1) is 0 Å². The molecule has 0 unspecified atom stereocenters. The van der Waals surface area contributed by atoms with E-state index in [-0.39, 0.29) is 5.91 Å². The summed E-state index contributed by atoms with van der Waals surface area (Å²) >= 11 is 0. The smallest absolute Gasteiger partial charge is 0.258 e. The molecule has 4 aromatic rings. The van der Waals surface area contributed by atoms with Crippen LogP contribution in [-0.2, 0) is 4.79 Å². The van der Waals surface area contributed by atoms with Crippen LogP contribution in [0.1, 0.15) is 6.92 Å². The molecule has 0 spiro atoms. The van der Waals surface area contributed by atoms with Crippen LogP contribution in [0.15, 0.2) is 45.6 Å². The summed E-state index contributed by atoms with van der Waals surface area (Å²) < 4.78 is 15.4. The topological polar surface area (TPSA) is 116 Å². The van der Waals surface area contributed by atoms with Gasteiger partial charge in [0, 0.05) is 24.2 Å². The maximum Gasteiger partial charge on any atom is 0.258 e. The molecular formula is C17H13N5O4. The van der Waals surface area contributed by atoms with E-state index in [1.807, 2.05) is 0 Å². The highest BCUT2D eigenvalue weighted by molar-refractivity contribution is 5.89. The van der Waals surface area contributed by atoms with Crippen molar-refractivity contribution < 1.29 is 18.7 Å². The third-order valence-corrected chi connectivity index (χ3v) is 3.69. The number of amides is 1. The van der Waals surface area contributed by atoms with Gasteiger partial charge in [-0.3, -0.25) is 4.79 Å². The van der Waals surface area contributed by atoms with Crippen LogP contribution in [0.2, 0.25) is 0 Å². The second-order valence-electron chi connectivity index (χ2n) is 5.49. The summed E-state index contributed by atoms with van der Waals surface area (Å²) in [5.74, 6) is 1.04. The normalized spacial score (nSPS) is 10.8. The van der Waals surface area contributed by atoms with E-state index in [2.05, 4.69) is 30.4 Å². The standard InChI is InChI=1S/C17H13N5O4/c1-9(23)18-11-4-5-12(15(8-11)24-2)16-19-17(25-22-16)10-3-6-13-14(7-10)21-26-20-13/h3-8H,1-2H3,(H,18,23). The van der Waals surface area contributed by atoms with Gasteiger partial charge in [-0.1, -0.05) is 5.16 Å². The number of hydrogen-bond donors (Lipinski definition) is 1. The predicted molar refractivity (Wildman–Crippen MR) is 91.4 cm³/mol. The van der Waals surface area contributed by atoms with Crippen molar-refractivity contribution in [3.8, 4) is 28.6 Å². The average Bonchev–Trinajstić information content (AvgIpc) is 3.29. The lowest BCUT2D eigenvalue weighted by Crippen LogP contribution is -2.05. The first kappa shape index (κ1) is 15.8. The number of rotatable bonds is 4. The number of benzene rings is 2. The van der Waals surface area contributed by atoms with E-state index in [1.165, 1.54) is 14.0 Å². The molecule has 0 radical (unpaired) electrons. The van der Waals surface area contributed by atoms with E-state index in [1.54, 1.807) is 36.4 Å². The minimum atomic E-state index is -0.167. The third kappa shape index (κ3) is 2.86. The molecule has 4 rings (SSSR count). The zero-order valence-corrected chi connectivity index (χ0v) is 13.9. The van der Waals surface area contributed by atoms with Gasteiger partial charge in [-0.15, -0.1) is 0 Å². The number of aromatic nitrogens is 4. The second kappa shape index (κ2) is 6.28. The van der Waals surface area contributed by atoms with Crippen molar-refractivity contribution in [2.24, 2.45) is 0 Å². The Labute approximate surface area is 146 Å². The molecule has 0 bridgehead atoms. The highest BCUT2D eigenvalue weighted by Gasteiger charge is 2.16. The minimum Gasteiger partial charge on any atom is -0.496 e. The van der Waals surface area contributed by atoms with E-state index >= 15 is 0 Å². The van der Waals surface area contributed by atoms with Gasteiger partial charge in [0.2, 0.25) is 11.7 Å². The molecule has 0 saturated carbocycles. The number of anilines is 1. The fraction of sp³-hybridized carbons (Fsp3) is 0.118. The number of fused-ring (bicyclic) bond motifs is 1. The van der Waals surface area contributed by atoms with Crippen LogP contribution in [0.4, 0.5) is 5.69 Å². The van der Waals surface area contributed by atoms with Gasteiger partial charge >= 0.3 is 0 Å². The molecule has 2 aromatic carbocycles. The first-order chi connectivity index (χ1) is 12.6. The Kier molecular flexibility index (Phi) is 3.81. The van der Waals surface area contributed by atoms with Gasteiger partial charge in [-0.2, -0.15) is 4.98 Å². The Balaban J connectivity index is 1.70. The Morgan fingerprint density at radius 3 is 2.73 bits per heavy atom. The van der Waals surface area contributed by atoms with Crippen molar-refractivity contribution in [1.82, 2.24) is 20.5 Å². The van der Waals surface area contributed by atoms with Crippen molar-refractivity contribution in [3.63, 3.8) is 0 Å².